The molecular weight excluding hydrogens is 266 g/mol. The van der Waals surface area contributed by atoms with Crippen molar-refractivity contribution in [2.75, 3.05) is 23.7 Å². The summed E-state index contributed by atoms with van der Waals surface area (Å²) in [4.78, 5) is 23.4. The molecule has 2 aliphatic heterocycles. The SMILES string of the molecule is O=C(CCC1CCNC1)Nc1ccc2c(c1)NC(=O)CC2. The molecule has 0 aliphatic carbocycles. The number of carbonyl (C=O) groups excluding carboxylic acids is 2. The van der Waals surface area contributed by atoms with E-state index in [1.54, 1.807) is 0 Å². The zero-order chi connectivity index (χ0) is 14.7. The van der Waals surface area contributed by atoms with Gasteiger partial charge in [-0.1, -0.05) is 6.07 Å². The normalized spacial score (nSPS) is 20.8. The minimum absolute atomic E-state index is 0.0414. The number of benzene rings is 1. The third-order valence-corrected chi connectivity index (χ3v) is 4.23. The first-order valence-corrected chi connectivity index (χ1v) is 7.64. The van der Waals surface area contributed by atoms with Crippen LogP contribution in [0.4, 0.5) is 11.4 Å². The molecule has 112 valence electrons. The Balaban J connectivity index is 1.55. The molecule has 21 heavy (non-hydrogen) atoms. The smallest absolute Gasteiger partial charge is 0.224 e. The van der Waals surface area contributed by atoms with E-state index in [-0.39, 0.29) is 11.8 Å². The van der Waals surface area contributed by atoms with E-state index in [1.165, 1.54) is 0 Å². The number of hydrogen-bond donors (Lipinski definition) is 3. The van der Waals surface area contributed by atoms with E-state index in [1.807, 2.05) is 18.2 Å². The van der Waals surface area contributed by atoms with E-state index in [9.17, 15) is 9.59 Å². The third kappa shape index (κ3) is 3.61. The van der Waals surface area contributed by atoms with Crippen LogP contribution in [0, 0.1) is 5.92 Å². The standard InChI is InChI=1S/C16H21N3O2/c20-15(5-1-11-7-8-17-10-11)18-13-4-2-12-3-6-16(21)19-14(12)9-13/h2,4,9,11,17H,1,3,5-8,10H2,(H,18,20)(H,19,21). The lowest BCUT2D eigenvalue weighted by molar-refractivity contribution is -0.117. The Bertz CT molecular complexity index is 550. The van der Waals surface area contributed by atoms with Crippen molar-refractivity contribution in [3.05, 3.63) is 23.8 Å². The minimum Gasteiger partial charge on any atom is -0.326 e. The first-order valence-electron chi connectivity index (χ1n) is 7.64. The number of carbonyl (C=O) groups is 2. The molecule has 1 unspecified atom stereocenters. The molecule has 1 aromatic rings. The van der Waals surface area contributed by atoms with Gasteiger partial charge in [-0.05, 0) is 56.0 Å². The monoisotopic (exact) mass is 287 g/mol. The predicted molar refractivity (Wildman–Crippen MR) is 82.2 cm³/mol. The topological polar surface area (TPSA) is 70.2 Å². The molecule has 2 aliphatic rings. The highest BCUT2D eigenvalue weighted by Crippen LogP contribution is 2.26. The minimum atomic E-state index is 0.0414. The van der Waals surface area contributed by atoms with E-state index in [0.717, 1.165) is 49.3 Å². The van der Waals surface area contributed by atoms with E-state index < -0.39 is 0 Å². The summed E-state index contributed by atoms with van der Waals surface area (Å²) in [7, 11) is 0. The lowest BCUT2D eigenvalue weighted by Gasteiger charge is -2.18. The van der Waals surface area contributed by atoms with Gasteiger partial charge in [0.2, 0.25) is 11.8 Å². The molecule has 1 fully saturated rings. The molecule has 2 heterocycles. The van der Waals surface area contributed by atoms with Crippen molar-refractivity contribution in [1.29, 1.82) is 0 Å². The molecule has 0 aromatic heterocycles. The van der Waals surface area contributed by atoms with Crippen LogP contribution in [0.15, 0.2) is 18.2 Å². The summed E-state index contributed by atoms with van der Waals surface area (Å²) in [5, 5.41) is 9.08. The molecule has 0 saturated carbocycles. The summed E-state index contributed by atoms with van der Waals surface area (Å²) < 4.78 is 0. The van der Waals surface area contributed by atoms with Crippen LogP contribution in [0.25, 0.3) is 0 Å². The summed E-state index contributed by atoms with van der Waals surface area (Å²) in [6.45, 7) is 2.09. The van der Waals surface area contributed by atoms with Crippen LogP contribution in [0.5, 0.6) is 0 Å². The van der Waals surface area contributed by atoms with Crippen LogP contribution in [0.1, 0.15) is 31.2 Å². The fourth-order valence-corrected chi connectivity index (χ4v) is 2.97. The molecule has 0 spiro atoms. The molecule has 1 atom stereocenters. The Kier molecular flexibility index (Phi) is 4.20. The fraction of sp³-hybridized carbons (Fsp3) is 0.500. The molecular formula is C16H21N3O2. The largest absolute Gasteiger partial charge is 0.326 e. The maximum Gasteiger partial charge on any atom is 0.224 e. The van der Waals surface area contributed by atoms with Gasteiger partial charge in [0, 0.05) is 24.2 Å². The van der Waals surface area contributed by atoms with E-state index in [0.29, 0.717) is 18.8 Å². The molecule has 0 radical (unpaired) electrons. The summed E-state index contributed by atoms with van der Waals surface area (Å²) in [5.74, 6) is 0.710. The zero-order valence-corrected chi connectivity index (χ0v) is 12.1. The maximum absolute atomic E-state index is 12.0. The number of hydrogen-bond acceptors (Lipinski definition) is 3. The Hall–Kier alpha value is -1.88. The van der Waals surface area contributed by atoms with Crippen molar-refractivity contribution < 1.29 is 9.59 Å². The molecule has 3 N–H and O–H groups in total. The Morgan fingerprint density at radius 2 is 2.24 bits per heavy atom. The van der Waals surface area contributed by atoms with Crippen LogP contribution >= 0.6 is 0 Å². The Labute approximate surface area is 124 Å². The average Bonchev–Trinajstić information content (AvgIpc) is 2.98. The second kappa shape index (κ2) is 6.26. The van der Waals surface area contributed by atoms with Crippen molar-refractivity contribution in [2.24, 2.45) is 5.92 Å². The number of aryl methyl sites for hydroxylation is 1. The summed E-state index contributed by atoms with van der Waals surface area (Å²) in [6, 6.07) is 5.73. The van der Waals surface area contributed by atoms with Gasteiger partial charge in [-0.15, -0.1) is 0 Å². The molecule has 3 rings (SSSR count). The highest BCUT2D eigenvalue weighted by molar-refractivity contribution is 5.96. The van der Waals surface area contributed by atoms with Crippen LogP contribution in [0.2, 0.25) is 0 Å². The van der Waals surface area contributed by atoms with E-state index in [2.05, 4.69) is 16.0 Å². The molecule has 5 nitrogen and oxygen atoms in total. The van der Waals surface area contributed by atoms with Gasteiger partial charge in [-0.25, -0.2) is 0 Å². The van der Waals surface area contributed by atoms with Crippen molar-refractivity contribution in [3.8, 4) is 0 Å². The number of nitrogens with one attached hydrogen (secondary N) is 3. The molecule has 0 bridgehead atoms. The number of fused-ring (bicyclic) bond motifs is 1. The molecule has 2 amide bonds. The van der Waals surface area contributed by atoms with Gasteiger partial charge in [0.25, 0.3) is 0 Å². The van der Waals surface area contributed by atoms with Gasteiger partial charge in [0.1, 0.15) is 0 Å². The van der Waals surface area contributed by atoms with E-state index >= 15 is 0 Å². The second-order valence-electron chi connectivity index (χ2n) is 5.87. The highest BCUT2D eigenvalue weighted by atomic mass is 16.2. The van der Waals surface area contributed by atoms with Gasteiger partial charge in [0.15, 0.2) is 0 Å². The van der Waals surface area contributed by atoms with Crippen LogP contribution in [0.3, 0.4) is 0 Å². The van der Waals surface area contributed by atoms with Gasteiger partial charge >= 0.3 is 0 Å². The molecule has 1 saturated heterocycles. The van der Waals surface area contributed by atoms with Gasteiger partial charge in [-0.3, -0.25) is 9.59 Å². The van der Waals surface area contributed by atoms with E-state index in [4.69, 9.17) is 0 Å². The fourth-order valence-electron chi connectivity index (χ4n) is 2.97. The number of amides is 2. The molecule has 5 heteroatoms. The number of anilines is 2. The van der Waals surface area contributed by atoms with Gasteiger partial charge < -0.3 is 16.0 Å². The van der Waals surface area contributed by atoms with Gasteiger partial charge in [-0.2, -0.15) is 0 Å². The quantitative estimate of drug-likeness (QED) is 0.792. The summed E-state index contributed by atoms with van der Waals surface area (Å²) in [6.07, 6.45) is 3.95. The second-order valence-corrected chi connectivity index (χ2v) is 5.87. The summed E-state index contributed by atoms with van der Waals surface area (Å²) in [5.41, 5.74) is 2.71. The number of rotatable bonds is 4. The van der Waals surface area contributed by atoms with Crippen LogP contribution < -0.4 is 16.0 Å². The first kappa shape index (κ1) is 14.1. The van der Waals surface area contributed by atoms with Crippen molar-refractivity contribution >= 4 is 23.2 Å². The van der Waals surface area contributed by atoms with Crippen LogP contribution in [-0.2, 0) is 16.0 Å². The Morgan fingerprint density at radius 3 is 3.05 bits per heavy atom. The van der Waals surface area contributed by atoms with Crippen molar-refractivity contribution in [1.82, 2.24) is 5.32 Å². The maximum atomic E-state index is 12.0. The molecule has 1 aromatic carbocycles. The lowest BCUT2D eigenvalue weighted by atomic mass is 10.0. The zero-order valence-electron chi connectivity index (χ0n) is 12.1. The van der Waals surface area contributed by atoms with Crippen molar-refractivity contribution in [3.63, 3.8) is 0 Å². The third-order valence-electron chi connectivity index (χ3n) is 4.23. The van der Waals surface area contributed by atoms with Crippen LogP contribution in [-0.4, -0.2) is 24.9 Å². The first-order chi connectivity index (χ1) is 10.2. The Morgan fingerprint density at radius 1 is 1.33 bits per heavy atom. The predicted octanol–water partition coefficient (Wildman–Crippen LogP) is 1.90. The van der Waals surface area contributed by atoms with Crippen molar-refractivity contribution in [2.45, 2.75) is 32.1 Å². The average molecular weight is 287 g/mol. The van der Waals surface area contributed by atoms with Gasteiger partial charge in [0.05, 0.1) is 0 Å². The highest BCUT2D eigenvalue weighted by Gasteiger charge is 2.17. The lowest BCUT2D eigenvalue weighted by Crippen LogP contribution is -2.19. The summed E-state index contributed by atoms with van der Waals surface area (Å²) >= 11 is 0.